The van der Waals surface area contributed by atoms with Crippen LogP contribution < -0.4 is 0 Å². The molecule has 0 N–H and O–H groups in total. The van der Waals surface area contributed by atoms with Gasteiger partial charge in [-0.25, -0.2) is 9.98 Å². The number of hydrogen-bond acceptors (Lipinski definition) is 2. The summed E-state index contributed by atoms with van der Waals surface area (Å²) < 4.78 is 0. The molecular formula is C49H36N2. The zero-order chi connectivity index (χ0) is 34.2. The molecule has 0 saturated heterocycles. The molecule has 0 aromatic heterocycles. The monoisotopic (exact) mass is 652 g/mol. The maximum absolute atomic E-state index is 5.25. The van der Waals surface area contributed by atoms with E-state index in [1.165, 1.54) is 38.9 Å². The first kappa shape index (κ1) is 30.7. The van der Waals surface area contributed by atoms with Crippen molar-refractivity contribution in [3.8, 4) is 22.3 Å². The largest absolute Gasteiger partial charge is 0.232 e. The molecule has 0 unspecified atom stereocenters. The molecule has 1 atom stereocenters. The van der Waals surface area contributed by atoms with E-state index in [1.807, 2.05) is 24.3 Å². The predicted molar refractivity (Wildman–Crippen MR) is 212 cm³/mol. The van der Waals surface area contributed by atoms with Gasteiger partial charge in [0.25, 0.3) is 0 Å². The predicted octanol–water partition coefficient (Wildman–Crippen LogP) is 11.6. The summed E-state index contributed by atoms with van der Waals surface area (Å²) >= 11 is 0. The van der Waals surface area contributed by atoms with Gasteiger partial charge in [-0.1, -0.05) is 183 Å². The van der Waals surface area contributed by atoms with Gasteiger partial charge in [-0.05, 0) is 68.3 Å². The second kappa shape index (κ2) is 12.8. The highest BCUT2D eigenvalue weighted by Crippen LogP contribution is 2.56. The second-order valence-electron chi connectivity index (χ2n) is 13.4. The highest BCUT2D eigenvalue weighted by atomic mass is 14.9. The van der Waals surface area contributed by atoms with E-state index in [0.29, 0.717) is 0 Å². The highest BCUT2D eigenvalue weighted by molar-refractivity contribution is 6.16. The SMILES string of the molecule is C[C@@H]1C=C(c2cccc(-c3ccc4c(c3)C(c3ccccc3)(c3ccccc3)c3ccccc3-4)c2)N=C(c2ccccc2)N=C1c1ccccc1. The molecule has 2 nitrogen and oxygen atoms in total. The van der Waals surface area contributed by atoms with E-state index in [-0.39, 0.29) is 5.92 Å². The van der Waals surface area contributed by atoms with Crippen LogP contribution in [-0.2, 0) is 5.41 Å². The van der Waals surface area contributed by atoms with Crippen molar-refractivity contribution < 1.29 is 0 Å². The Balaban J connectivity index is 1.20. The van der Waals surface area contributed by atoms with Crippen LogP contribution in [-0.4, -0.2) is 11.5 Å². The van der Waals surface area contributed by atoms with Crippen molar-refractivity contribution in [2.75, 3.05) is 0 Å². The van der Waals surface area contributed by atoms with Crippen molar-refractivity contribution in [1.29, 1.82) is 0 Å². The fourth-order valence-corrected chi connectivity index (χ4v) is 8.00. The summed E-state index contributed by atoms with van der Waals surface area (Å²) in [6.45, 7) is 2.21. The lowest BCUT2D eigenvalue weighted by molar-refractivity contribution is 0.769. The van der Waals surface area contributed by atoms with Gasteiger partial charge < -0.3 is 0 Å². The van der Waals surface area contributed by atoms with E-state index in [9.17, 15) is 0 Å². The van der Waals surface area contributed by atoms with Gasteiger partial charge in [-0.15, -0.1) is 0 Å². The average molecular weight is 653 g/mol. The minimum atomic E-state index is -0.443. The Morgan fingerprint density at radius 3 is 1.63 bits per heavy atom. The first-order valence-corrected chi connectivity index (χ1v) is 17.7. The molecule has 0 amide bonds. The van der Waals surface area contributed by atoms with Crippen LogP contribution in [0.25, 0.3) is 28.0 Å². The quantitative estimate of drug-likeness (QED) is 0.171. The number of nitrogens with zero attached hydrogens (tertiary/aromatic N) is 2. The van der Waals surface area contributed by atoms with Crippen LogP contribution in [0, 0.1) is 5.92 Å². The number of aliphatic imine (C=N–C) groups is 2. The first-order valence-electron chi connectivity index (χ1n) is 17.7. The van der Waals surface area contributed by atoms with E-state index in [2.05, 4.69) is 177 Å². The molecule has 51 heavy (non-hydrogen) atoms. The van der Waals surface area contributed by atoms with E-state index < -0.39 is 5.41 Å². The highest BCUT2D eigenvalue weighted by Gasteiger charge is 2.46. The Bertz CT molecular complexity index is 2420. The van der Waals surface area contributed by atoms with Gasteiger partial charge in [-0.2, -0.15) is 0 Å². The number of hydrogen-bond donors (Lipinski definition) is 0. The van der Waals surface area contributed by atoms with Crippen molar-refractivity contribution in [2.24, 2.45) is 15.9 Å². The summed E-state index contributed by atoms with van der Waals surface area (Å²) in [4.78, 5) is 10.5. The summed E-state index contributed by atoms with van der Waals surface area (Å²) in [5, 5.41) is 0. The molecule has 9 rings (SSSR count). The van der Waals surface area contributed by atoms with Gasteiger partial charge in [0.1, 0.15) is 0 Å². The topological polar surface area (TPSA) is 24.7 Å². The van der Waals surface area contributed by atoms with E-state index in [4.69, 9.17) is 9.98 Å². The molecule has 0 radical (unpaired) electrons. The third-order valence-corrected chi connectivity index (χ3v) is 10.3. The molecule has 7 aromatic rings. The minimum absolute atomic E-state index is 0.0619. The second-order valence-corrected chi connectivity index (χ2v) is 13.4. The Hall–Kier alpha value is -6.38. The van der Waals surface area contributed by atoms with Gasteiger partial charge >= 0.3 is 0 Å². The number of amidine groups is 1. The lowest BCUT2D eigenvalue weighted by atomic mass is 9.67. The Labute approximate surface area is 299 Å². The lowest BCUT2D eigenvalue weighted by Crippen LogP contribution is -2.28. The molecule has 1 aliphatic heterocycles. The summed E-state index contributed by atoms with van der Waals surface area (Å²) in [5.74, 6) is 0.785. The van der Waals surface area contributed by atoms with E-state index in [0.717, 1.165) is 39.5 Å². The number of fused-ring (bicyclic) bond motifs is 3. The molecule has 0 spiro atoms. The fraction of sp³-hybridized carbons (Fsp3) is 0.0612. The fourth-order valence-electron chi connectivity index (χ4n) is 8.00. The van der Waals surface area contributed by atoms with Gasteiger partial charge in [0, 0.05) is 17.0 Å². The number of allylic oxidation sites excluding steroid dienone is 1. The molecule has 1 aliphatic carbocycles. The van der Waals surface area contributed by atoms with Gasteiger partial charge in [0.2, 0.25) is 0 Å². The average Bonchev–Trinajstić information content (AvgIpc) is 3.38. The van der Waals surface area contributed by atoms with Crippen molar-refractivity contribution in [3.05, 3.63) is 233 Å². The van der Waals surface area contributed by atoms with Crippen molar-refractivity contribution in [3.63, 3.8) is 0 Å². The maximum Gasteiger partial charge on any atom is 0.160 e. The minimum Gasteiger partial charge on any atom is -0.232 e. The van der Waals surface area contributed by atoms with Crippen molar-refractivity contribution in [2.45, 2.75) is 12.3 Å². The molecule has 0 fully saturated rings. The summed E-state index contributed by atoms with van der Waals surface area (Å²) in [6, 6.07) is 67.5. The number of benzene rings is 7. The van der Waals surface area contributed by atoms with E-state index >= 15 is 0 Å². The lowest BCUT2D eigenvalue weighted by Gasteiger charge is -2.34. The third-order valence-electron chi connectivity index (χ3n) is 10.3. The standard InChI is InChI=1S/C49H36N2/c1-34-31-46(50-48(36-19-8-3-9-20-36)51-47(34)35-17-6-2-7-18-35)39-22-16-21-37(32-39)38-29-30-43-42-27-14-15-28-44(42)49(45(43)33-38,40-23-10-4-11-24-40)41-25-12-5-13-26-41/h2-34H,1H3/t34-/m1/s1. The molecule has 2 heteroatoms. The summed E-state index contributed by atoms with van der Waals surface area (Å²) in [5.41, 5.74) is 14.7. The van der Waals surface area contributed by atoms with Crippen LogP contribution in [0.4, 0.5) is 0 Å². The normalized spacial score (nSPS) is 15.9. The molecule has 242 valence electrons. The Morgan fingerprint density at radius 2 is 0.941 bits per heavy atom. The molecule has 2 aliphatic rings. The molecule has 0 bridgehead atoms. The van der Waals surface area contributed by atoms with Gasteiger partial charge in [0.15, 0.2) is 5.84 Å². The third kappa shape index (κ3) is 5.28. The van der Waals surface area contributed by atoms with Crippen molar-refractivity contribution in [1.82, 2.24) is 0 Å². The maximum atomic E-state index is 5.25. The molecule has 1 heterocycles. The number of rotatable bonds is 6. The van der Waals surface area contributed by atoms with Crippen LogP contribution in [0.15, 0.2) is 204 Å². The molecule has 7 aromatic carbocycles. The van der Waals surface area contributed by atoms with Crippen LogP contribution in [0.5, 0.6) is 0 Å². The molecule has 0 saturated carbocycles. The smallest absolute Gasteiger partial charge is 0.160 e. The van der Waals surface area contributed by atoms with Crippen LogP contribution in [0.3, 0.4) is 0 Å². The molecular weight excluding hydrogens is 617 g/mol. The van der Waals surface area contributed by atoms with Crippen LogP contribution in [0.2, 0.25) is 0 Å². The van der Waals surface area contributed by atoms with Crippen LogP contribution >= 0.6 is 0 Å². The Morgan fingerprint density at radius 1 is 0.412 bits per heavy atom. The Kier molecular flexibility index (Phi) is 7.71. The zero-order valence-electron chi connectivity index (χ0n) is 28.4. The van der Waals surface area contributed by atoms with E-state index in [1.54, 1.807) is 0 Å². The summed E-state index contributed by atoms with van der Waals surface area (Å²) in [7, 11) is 0. The first-order chi connectivity index (χ1) is 25.2. The van der Waals surface area contributed by atoms with Gasteiger partial charge in [-0.3, -0.25) is 0 Å². The van der Waals surface area contributed by atoms with Crippen molar-refractivity contribution >= 4 is 17.2 Å². The van der Waals surface area contributed by atoms with Crippen LogP contribution in [0.1, 0.15) is 45.9 Å². The zero-order valence-corrected chi connectivity index (χ0v) is 28.4. The van der Waals surface area contributed by atoms with Gasteiger partial charge in [0.05, 0.1) is 16.8 Å². The summed E-state index contributed by atoms with van der Waals surface area (Å²) in [6.07, 6.45) is 2.26.